The van der Waals surface area contributed by atoms with Gasteiger partial charge in [-0.15, -0.1) is 0 Å². The maximum absolute atomic E-state index is 11.7. The highest BCUT2D eigenvalue weighted by molar-refractivity contribution is 6.07. The molecular formula is C19H21NO2. The number of rotatable bonds is 3. The maximum atomic E-state index is 11.7. The first-order valence-corrected chi connectivity index (χ1v) is 7.93. The van der Waals surface area contributed by atoms with Gasteiger partial charge in [-0.3, -0.25) is 10.0 Å². The molecule has 1 aromatic carbocycles. The van der Waals surface area contributed by atoms with Crippen LogP contribution in [-0.4, -0.2) is 11.0 Å². The van der Waals surface area contributed by atoms with Crippen LogP contribution < -0.4 is 5.06 Å². The van der Waals surface area contributed by atoms with Crippen LogP contribution >= 0.6 is 0 Å². The first-order chi connectivity index (χ1) is 10.7. The Hall–Kier alpha value is -2.13. The minimum atomic E-state index is -0.0969. The Morgan fingerprint density at radius 1 is 1.00 bits per heavy atom. The van der Waals surface area contributed by atoms with Gasteiger partial charge in [0.1, 0.15) is 0 Å². The van der Waals surface area contributed by atoms with E-state index < -0.39 is 0 Å². The fraction of sp³-hybridized carbons (Fsp3) is 0.316. The van der Waals surface area contributed by atoms with Gasteiger partial charge in [0.25, 0.3) is 0 Å². The summed E-state index contributed by atoms with van der Waals surface area (Å²) in [4.78, 5) is 11.7. The number of ketones is 1. The summed E-state index contributed by atoms with van der Waals surface area (Å²) in [6, 6.07) is 8.00. The second kappa shape index (κ2) is 6.75. The number of hydrogen-bond donors (Lipinski definition) is 1. The van der Waals surface area contributed by atoms with Crippen molar-refractivity contribution in [2.75, 3.05) is 5.06 Å². The molecule has 114 valence electrons. The first kappa shape index (κ1) is 14.8. The lowest BCUT2D eigenvalue weighted by Gasteiger charge is -2.22. The topological polar surface area (TPSA) is 40.5 Å². The standard InChI is InChI=1S/C19H21NO2/c21-19-9-5-4-8-17(19)14-20(22)18-12-10-16(11-13-18)15-6-2-1-3-7-15/h4-5,8-15,22H,1-3,6-7H2. The van der Waals surface area contributed by atoms with Crippen molar-refractivity contribution in [2.24, 2.45) is 0 Å². The van der Waals surface area contributed by atoms with Crippen LogP contribution in [0.3, 0.4) is 0 Å². The lowest BCUT2D eigenvalue weighted by molar-refractivity contribution is -0.111. The van der Waals surface area contributed by atoms with E-state index in [1.807, 2.05) is 12.1 Å². The van der Waals surface area contributed by atoms with E-state index in [2.05, 4.69) is 12.1 Å². The molecule has 1 N–H and O–H groups in total. The van der Waals surface area contributed by atoms with Crippen molar-refractivity contribution >= 4 is 11.5 Å². The van der Waals surface area contributed by atoms with E-state index in [1.165, 1.54) is 49.9 Å². The molecule has 0 aromatic heterocycles. The van der Waals surface area contributed by atoms with E-state index >= 15 is 0 Å². The van der Waals surface area contributed by atoms with Gasteiger partial charge in [-0.05, 0) is 48.6 Å². The van der Waals surface area contributed by atoms with E-state index in [0.29, 0.717) is 17.2 Å². The molecule has 3 rings (SSSR count). The fourth-order valence-electron chi connectivity index (χ4n) is 3.13. The summed E-state index contributed by atoms with van der Waals surface area (Å²) in [7, 11) is 0. The Balaban J connectivity index is 1.72. The minimum Gasteiger partial charge on any atom is -0.289 e. The molecule has 1 aromatic rings. The number of carbonyl (C=O) groups excluding carboxylic acids is 1. The summed E-state index contributed by atoms with van der Waals surface area (Å²) >= 11 is 0. The molecule has 0 unspecified atom stereocenters. The van der Waals surface area contributed by atoms with Crippen LogP contribution in [0.1, 0.15) is 43.6 Å². The second-order valence-corrected chi connectivity index (χ2v) is 5.94. The Morgan fingerprint density at radius 3 is 2.36 bits per heavy atom. The van der Waals surface area contributed by atoms with Crippen molar-refractivity contribution in [3.63, 3.8) is 0 Å². The molecule has 2 aliphatic rings. The predicted molar refractivity (Wildman–Crippen MR) is 87.9 cm³/mol. The number of hydrogen-bond acceptors (Lipinski definition) is 3. The molecule has 3 heteroatoms. The van der Waals surface area contributed by atoms with Crippen molar-refractivity contribution in [1.82, 2.24) is 0 Å². The van der Waals surface area contributed by atoms with Gasteiger partial charge in [0.15, 0.2) is 5.78 Å². The van der Waals surface area contributed by atoms with Crippen LogP contribution in [0.4, 0.5) is 5.69 Å². The van der Waals surface area contributed by atoms with Gasteiger partial charge in [-0.1, -0.05) is 43.5 Å². The zero-order valence-electron chi connectivity index (χ0n) is 12.6. The molecule has 0 radical (unpaired) electrons. The van der Waals surface area contributed by atoms with Crippen LogP contribution in [0.2, 0.25) is 0 Å². The molecule has 0 heterocycles. The molecule has 3 nitrogen and oxygen atoms in total. The van der Waals surface area contributed by atoms with Crippen molar-refractivity contribution in [3.8, 4) is 0 Å². The van der Waals surface area contributed by atoms with Crippen molar-refractivity contribution in [3.05, 3.63) is 65.9 Å². The molecule has 0 atom stereocenters. The van der Waals surface area contributed by atoms with Crippen molar-refractivity contribution in [2.45, 2.75) is 38.0 Å². The third-order valence-electron chi connectivity index (χ3n) is 4.41. The van der Waals surface area contributed by atoms with Gasteiger partial charge in [0, 0.05) is 11.8 Å². The number of carbonyl (C=O) groups is 1. The highest BCUT2D eigenvalue weighted by atomic mass is 16.5. The molecular weight excluding hydrogens is 274 g/mol. The summed E-state index contributed by atoms with van der Waals surface area (Å²) in [5.41, 5.74) is 2.49. The van der Waals surface area contributed by atoms with Gasteiger partial charge in [-0.25, -0.2) is 5.06 Å². The Morgan fingerprint density at radius 2 is 1.68 bits per heavy atom. The average molecular weight is 295 g/mol. The zero-order valence-corrected chi connectivity index (χ0v) is 12.6. The SMILES string of the molecule is O=C1C=CC=CC1=CN(O)c1ccc(C2CCCCC2)cc1. The van der Waals surface area contributed by atoms with Gasteiger partial charge in [0.2, 0.25) is 0 Å². The molecule has 22 heavy (non-hydrogen) atoms. The van der Waals surface area contributed by atoms with E-state index in [0.717, 1.165) is 5.06 Å². The fourth-order valence-corrected chi connectivity index (χ4v) is 3.13. The second-order valence-electron chi connectivity index (χ2n) is 5.94. The largest absolute Gasteiger partial charge is 0.289 e. The summed E-state index contributed by atoms with van der Waals surface area (Å²) < 4.78 is 0. The molecule has 0 aliphatic heterocycles. The third-order valence-corrected chi connectivity index (χ3v) is 4.41. The van der Waals surface area contributed by atoms with E-state index in [1.54, 1.807) is 18.2 Å². The number of nitrogens with zero attached hydrogens (tertiary/aromatic N) is 1. The molecule has 1 fully saturated rings. The van der Waals surface area contributed by atoms with Crippen LogP contribution in [0.15, 0.2) is 60.3 Å². The van der Waals surface area contributed by atoms with E-state index in [9.17, 15) is 10.0 Å². The van der Waals surface area contributed by atoms with Crippen molar-refractivity contribution < 1.29 is 10.0 Å². The summed E-state index contributed by atoms with van der Waals surface area (Å²) in [5, 5.41) is 11.2. The quantitative estimate of drug-likeness (QED) is 0.659. The lowest BCUT2D eigenvalue weighted by Crippen LogP contribution is -2.13. The molecule has 0 amide bonds. The predicted octanol–water partition coefficient (Wildman–Crippen LogP) is 4.51. The van der Waals surface area contributed by atoms with E-state index in [4.69, 9.17) is 0 Å². The van der Waals surface area contributed by atoms with Gasteiger partial charge in [-0.2, -0.15) is 0 Å². The van der Waals surface area contributed by atoms with Crippen LogP contribution in [0.25, 0.3) is 0 Å². The summed E-state index contributed by atoms with van der Waals surface area (Å²) in [6.07, 6.45) is 14.6. The maximum Gasteiger partial charge on any atom is 0.187 e. The Kier molecular flexibility index (Phi) is 4.54. The number of benzene rings is 1. The normalized spacial score (nSPS) is 20.6. The summed E-state index contributed by atoms with van der Waals surface area (Å²) in [5.74, 6) is 0.557. The smallest absolute Gasteiger partial charge is 0.187 e. The number of allylic oxidation sites excluding steroid dienone is 5. The molecule has 0 saturated heterocycles. The monoisotopic (exact) mass is 295 g/mol. The van der Waals surface area contributed by atoms with Gasteiger partial charge in [0.05, 0.1) is 5.69 Å². The molecule has 2 aliphatic carbocycles. The Labute approximate surface area is 131 Å². The van der Waals surface area contributed by atoms with Gasteiger partial charge < -0.3 is 0 Å². The lowest BCUT2D eigenvalue weighted by atomic mass is 9.84. The highest BCUT2D eigenvalue weighted by Crippen LogP contribution is 2.33. The van der Waals surface area contributed by atoms with E-state index in [-0.39, 0.29) is 5.78 Å². The van der Waals surface area contributed by atoms with Crippen LogP contribution in [0, 0.1) is 0 Å². The van der Waals surface area contributed by atoms with Crippen molar-refractivity contribution in [1.29, 1.82) is 0 Å². The molecule has 0 spiro atoms. The first-order valence-electron chi connectivity index (χ1n) is 7.93. The average Bonchev–Trinajstić information content (AvgIpc) is 2.58. The summed E-state index contributed by atoms with van der Waals surface area (Å²) in [6.45, 7) is 0. The van der Waals surface area contributed by atoms with Gasteiger partial charge >= 0.3 is 0 Å². The third kappa shape index (κ3) is 3.37. The highest BCUT2D eigenvalue weighted by Gasteiger charge is 2.15. The number of anilines is 1. The van der Waals surface area contributed by atoms with Crippen LogP contribution in [0.5, 0.6) is 0 Å². The zero-order chi connectivity index (χ0) is 15.4. The minimum absolute atomic E-state index is 0.0969. The molecule has 1 saturated carbocycles. The number of hydroxylamine groups is 1. The Bertz CT molecular complexity index is 619. The molecule has 0 bridgehead atoms. The van der Waals surface area contributed by atoms with Crippen LogP contribution in [-0.2, 0) is 4.79 Å².